The Balaban J connectivity index is 1.62. The molecular formula is C19H18N4S. The van der Waals surface area contributed by atoms with E-state index in [0.29, 0.717) is 0 Å². The molecule has 1 aromatic carbocycles. The molecule has 0 spiro atoms. The molecule has 3 aromatic heterocycles. The predicted octanol–water partition coefficient (Wildman–Crippen LogP) is 4.50. The van der Waals surface area contributed by atoms with E-state index in [1.165, 1.54) is 10.9 Å². The molecule has 0 fully saturated rings. The fourth-order valence-corrected chi connectivity index (χ4v) is 3.79. The number of hydrogen-bond donors (Lipinski definition) is 0. The number of pyridine rings is 1. The Hall–Kier alpha value is -2.40. The highest BCUT2D eigenvalue weighted by molar-refractivity contribution is 7.98. The zero-order valence-electron chi connectivity index (χ0n) is 13.9. The Morgan fingerprint density at radius 3 is 2.71 bits per heavy atom. The van der Waals surface area contributed by atoms with Crippen LogP contribution in [-0.2, 0) is 5.75 Å². The van der Waals surface area contributed by atoms with Crippen molar-refractivity contribution < 1.29 is 0 Å². The summed E-state index contributed by atoms with van der Waals surface area (Å²) in [5.74, 6) is 1.55. The first-order valence-corrected chi connectivity index (χ1v) is 8.90. The van der Waals surface area contributed by atoms with Crippen molar-refractivity contribution >= 4 is 28.4 Å². The molecule has 3 heterocycles. The summed E-state index contributed by atoms with van der Waals surface area (Å²) in [6, 6.07) is 12.5. The molecule has 4 aromatic rings. The van der Waals surface area contributed by atoms with Crippen molar-refractivity contribution in [3.63, 3.8) is 0 Å². The standard InChI is InChI=1S/C19H18N4S/c1-12-8-18(22-17-7-5-4-6-16(12)17)24-11-15-10-23-14(3)9-13(2)20-19(23)21-15/h4-10H,11H2,1-3H3. The summed E-state index contributed by atoms with van der Waals surface area (Å²) in [5.41, 5.74) is 5.47. The van der Waals surface area contributed by atoms with Crippen LogP contribution in [0.3, 0.4) is 0 Å². The fourth-order valence-electron chi connectivity index (χ4n) is 2.93. The third kappa shape index (κ3) is 2.76. The van der Waals surface area contributed by atoms with Gasteiger partial charge in [-0.3, -0.25) is 4.40 Å². The van der Waals surface area contributed by atoms with Crippen LogP contribution in [0.1, 0.15) is 22.6 Å². The van der Waals surface area contributed by atoms with Crippen LogP contribution in [0.15, 0.2) is 47.6 Å². The zero-order valence-corrected chi connectivity index (χ0v) is 14.8. The Morgan fingerprint density at radius 2 is 1.83 bits per heavy atom. The summed E-state index contributed by atoms with van der Waals surface area (Å²) < 4.78 is 2.04. The van der Waals surface area contributed by atoms with Crippen molar-refractivity contribution in [3.05, 3.63) is 65.2 Å². The number of aromatic nitrogens is 4. The summed E-state index contributed by atoms with van der Waals surface area (Å²) in [6.07, 6.45) is 2.07. The summed E-state index contributed by atoms with van der Waals surface area (Å²) in [7, 11) is 0. The zero-order chi connectivity index (χ0) is 16.7. The second-order valence-corrected chi connectivity index (χ2v) is 7.02. The maximum Gasteiger partial charge on any atom is 0.234 e. The van der Waals surface area contributed by atoms with Gasteiger partial charge in [0.05, 0.1) is 16.2 Å². The van der Waals surface area contributed by atoms with E-state index < -0.39 is 0 Å². The number of nitrogens with zero attached hydrogens (tertiary/aromatic N) is 4. The molecule has 24 heavy (non-hydrogen) atoms. The van der Waals surface area contributed by atoms with Crippen LogP contribution in [0.25, 0.3) is 16.7 Å². The van der Waals surface area contributed by atoms with Crippen LogP contribution in [0.4, 0.5) is 0 Å². The Bertz CT molecular complexity index is 1050. The van der Waals surface area contributed by atoms with Gasteiger partial charge in [-0.2, -0.15) is 0 Å². The number of thioether (sulfide) groups is 1. The SMILES string of the molecule is Cc1cc(C)n2cc(CSc3cc(C)c4ccccc4n3)nc2n1. The van der Waals surface area contributed by atoms with Crippen LogP contribution >= 0.6 is 11.8 Å². The Kier molecular flexibility index (Phi) is 3.73. The molecule has 0 atom stereocenters. The van der Waals surface area contributed by atoms with E-state index in [0.717, 1.165) is 39.2 Å². The van der Waals surface area contributed by atoms with Gasteiger partial charge in [-0.05, 0) is 44.5 Å². The lowest BCUT2D eigenvalue weighted by molar-refractivity contribution is 1.01. The van der Waals surface area contributed by atoms with Crippen LogP contribution in [-0.4, -0.2) is 19.4 Å². The second kappa shape index (κ2) is 5.91. The van der Waals surface area contributed by atoms with Crippen molar-refractivity contribution in [1.29, 1.82) is 0 Å². The average Bonchev–Trinajstić information content (AvgIpc) is 2.96. The van der Waals surface area contributed by atoms with Crippen LogP contribution in [0.2, 0.25) is 0 Å². The van der Waals surface area contributed by atoms with E-state index in [4.69, 9.17) is 4.98 Å². The van der Waals surface area contributed by atoms with Gasteiger partial charge in [0, 0.05) is 28.7 Å². The minimum atomic E-state index is 0.769. The van der Waals surface area contributed by atoms with Crippen molar-refractivity contribution in [2.75, 3.05) is 0 Å². The molecule has 0 aliphatic heterocycles. The van der Waals surface area contributed by atoms with E-state index >= 15 is 0 Å². The smallest absolute Gasteiger partial charge is 0.234 e. The molecule has 120 valence electrons. The first-order chi connectivity index (χ1) is 11.6. The van der Waals surface area contributed by atoms with E-state index in [9.17, 15) is 0 Å². The molecule has 0 bridgehead atoms. The molecule has 0 saturated heterocycles. The molecule has 0 radical (unpaired) electrons. The molecule has 0 amide bonds. The summed E-state index contributed by atoms with van der Waals surface area (Å²) >= 11 is 1.71. The number of benzene rings is 1. The largest absolute Gasteiger partial charge is 0.288 e. The quantitative estimate of drug-likeness (QED) is 0.518. The van der Waals surface area contributed by atoms with Gasteiger partial charge in [0.15, 0.2) is 0 Å². The van der Waals surface area contributed by atoms with Gasteiger partial charge in [-0.15, -0.1) is 0 Å². The third-order valence-electron chi connectivity index (χ3n) is 4.08. The van der Waals surface area contributed by atoms with Gasteiger partial charge >= 0.3 is 0 Å². The molecular weight excluding hydrogens is 316 g/mol. The van der Waals surface area contributed by atoms with Gasteiger partial charge in [0.2, 0.25) is 5.78 Å². The molecule has 5 heteroatoms. The normalized spacial score (nSPS) is 11.5. The second-order valence-electron chi connectivity index (χ2n) is 6.02. The Morgan fingerprint density at radius 1 is 1.00 bits per heavy atom. The van der Waals surface area contributed by atoms with Gasteiger partial charge in [-0.25, -0.2) is 15.0 Å². The molecule has 0 N–H and O–H groups in total. The van der Waals surface area contributed by atoms with Gasteiger partial charge in [-0.1, -0.05) is 30.0 Å². The van der Waals surface area contributed by atoms with Crippen LogP contribution in [0.5, 0.6) is 0 Å². The van der Waals surface area contributed by atoms with E-state index in [1.54, 1.807) is 11.8 Å². The number of imidazole rings is 1. The van der Waals surface area contributed by atoms with Gasteiger partial charge in [0.25, 0.3) is 0 Å². The maximum atomic E-state index is 4.75. The molecule has 4 rings (SSSR count). The highest BCUT2D eigenvalue weighted by Crippen LogP contribution is 2.26. The lowest BCUT2D eigenvalue weighted by Gasteiger charge is -2.05. The predicted molar refractivity (Wildman–Crippen MR) is 98.5 cm³/mol. The first-order valence-electron chi connectivity index (χ1n) is 7.91. The van der Waals surface area contributed by atoms with Crippen molar-refractivity contribution in [3.8, 4) is 0 Å². The van der Waals surface area contributed by atoms with Crippen molar-refractivity contribution in [2.24, 2.45) is 0 Å². The van der Waals surface area contributed by atoms with E-state index in [2.05, 4.69) is 60.3 Å². The fraction of sp³-hybridized carbons (Fsp3) is 0.211. The first kappa shape index (κ1) is 15.1. The topological polar surface area (TPSA) is 43.1 Å². The van der Waals surface area contributed by atoms with Crippen LogP contribution < -0.4 is 0 Å². The number of aryl methyl sites for hydroxylation is 3. The molecule has 0 aliphatic rings. The van der Waals surface area contributed by atoms with Gasteiger partial charge < -0.3 is 0 Å². The molecule has 4 nitrogen and oxygen atoms in total. The number of fused-ring (bicyclic) bond motifs is 2. The van der Waals surface area contributed by atoms with E-state index in [-0.39, 0.29) is 0 Å². The van der Waals surface area contributed by atoms with E-state index in [1.807, 2.05) is 17.4 Å². The number of para-hydroxylation sites is 1. The highest BCUT2D eigenvalue weighted by atomic mass is 32.2. The van der Waals surface area contributed by atoms with Crippen molar-refractivity contribution in [2.45, 2.75) is 31.6 Å². The third-order valence-corrected chi connectivity index (χ3v) is 5.02. The minimum Gasteiger partial charge on any atom is -0.288 e. The average molecular weight is 334 g/mol. The molecule has 0 unspecified atom stereocenters. The molecule has 0 aliphatic carbocycles. The van der Waals surface area contributed by atoms with Crippen molar-refractivity contribution in [1.82, 2.24) is 19.4 Å². The maximum absolute atomic E-state index is 4.75. The highest BCUT2D eigenvalue weighted by Gasteiger charge is 2.08. The molecule has 0 saturated carbocycles. The minimum absolute atomic E-state index is 0.769. The summed E-state index contributed by atoms with van der Waals surface area (Å²) in [6.45, 7) is 6.21. The number of hydrogen-bond acceptors (Lipinski definition) is 4. The lowest BCUT2D eigenvalue weighted by atomic mass is 10.1. The summed E-state index contributed by atoms with van der Waals surface area (Å²) in [4.78, 5) is 13.9. The summed E-state index contributed by atoms with van der Waals surface area (Å²) in [5, 5.41) is 2.24. The van der Waals surface area contributed by atoms with Crippen LogP contribution in [0, 0.1) is 20.8 Å². The van der Waals surface area contributed by atoms with Gasteiger partial charge in [0.1, 0.15) is 0 Å². The lowest BCUT2D eigenvalue weighted by Crippen LogP contribution is -1.94. The number of rotatable bonds is 3. The Labute approximate surface area is 145 Å². The monoisotopic (exact) mass is 334 g/mol.